The first-order valence-corrected chi connectivity index (χ1v) is 12.9. The number of fused-ring (bicyclic) bond motifs is 3. The zero-order valence-electron chi connectivity index (χ0n) is 22.0. The van der Waals surface area contributed by atoms with Gasteiger partial charge in [-0.05, 0) is 69.0 Å². The lowest BCUT2D eigenvalue weighted by Crippen LogP contribution is -2.39. The van der Waals surface area contributed by atoms with Crippen LogP contribution >= 0.6 is 0 Å². The average Bonchev–Trinajstić information content (AvgIpc) is 3.13. The first-order valence-electron chi connectivity index (χ1n) is 12.9. The number of likely N-dealkylation sites (tertiary alicyclic amines) is 1. The third-order valence-corrected chi connectivity index (χ3v) is 7.45. The van der Waals surface area contributed by atoms with Crippen LogP contribution in [-0.4, -0.2) is 55.5 Å². The van der Waals surface area contributed by atoms with Gasteiger partial charge in [-0.1, -0.05) is 26.0 Å². The average molecular weight is 489 g/mol. The van der Waals surface area contributed by atoms with Gasteiger partial charge < -0.3 is 9.64 Å². The van der Waals surface area contributed by atoms with E-state index in [1.54, 1.807) is 16.2 Å². The number of hydrogen-bond donors (Lipinski definition) is 0. The molecule has 0 saturated carbocycles. The standard InChI is InChI=1S/C28H36N6O2/c1-19(2)34-25-23-16-20(7-9-24(23)30-31-26(25)32(5)27(34)35)21-6-8-22(29-17-21)18-36-15-14-33-12-10-28(3,4)11-13-33/h6-9,16-17,19H,10-15,18H2,1-5H3. The molecule has 5 rings (SSSR count). The summed E-state index contributed by atoms with van der Waals surface area (Å²) in [5, 5.41) is 9.59. The molecule has 1 aliphatic heterocycles. The van der Waals surface area contributed by atoms with Crippen molar-refractivity contribution < 1.29 is 4.74 Å². The number of aryl methyl sites for hydroxylation is 1. The Balaban J connectivity index is 1.30. The molecule has 4 heterocycles. The van der Waals surface area contributed by atoms with Gasteiger partial charge in [0.2, 0.25) is 0 Å². The summed E-state index contributed by atoms with van der Waals surface area (Å²) in [6, 6.07) is 10.2. The molecule has 1 saturated heterocycles. The molecule has 0 N–H and O–H groups in total. The Morgan fingerprint density at radius 1 is 1.06 bits per heavy atom. The quantitative estimate of drug-likeness (QED) is 0.355. The summed E-state index contributed by atoms with van der Waals surface area (Å²) in [4.78, 5) is 20.0. The molecule has 0 bridgehead atoms. The van der Waals surface area contributed by atoms with E-state index in [0.717, 1.165) is 59.5 Å². The highest BCUT2D eigenvalue weighted by Gasteiger charge is 2.25. The van der Waals surface area contributed by atoms with Crippen LogP contribution in [0.25, 0.3) is 33.2 Å². The highest BCUT2D eigenvalue weighted by atomic mass is 16.5. The van der Waals surface area contributed by atoms with Gasteiger partial charge in [-0.15, -0.1) is 10.2 Å². The maximum Gasteiger partial charge on any atom is 0.330 e. The number of ether oxygens (including phenoxy) is 1. The van der Waals surface area contributed by atoms with E-state index in [0.29, 0.717) is 17.7 Å². The fraction of sp³-hybridized carbons (Fsp3) is 0.500. The van der Waals surface area contributed by atoms with Gasteiger partial charge in [-0.2, -0.15) is 0 Å². The highest BCUT2D eigenvalue weighted by Crippen LogP contribution is 2.30. The van der Waals surface area contributed by atoms with E-state index in [4.69, 9.17) is 4.74 Å². The number of rotatable bonds is 7. The van der Waals surface area contributed by atoms with Crippen LogP contribution in [-0.2, 0) is 18.4 Å². The first-order chi connectivity index (χ1) is 17.2. The molecule has 190 valence electrons. The second-order valence-corrected chi connectivity index (χ2v) is 11.0. The van der Waals surface area contributed by atoms with Gasteiger partial charge in [0.1, 0.15) is 5.52 Å². The summed E-state index contributed by atoms with van der Waals surface area (Å²) in [5.41, 5.74) is 5.53. The van der Waals surface area contributed by atoms with Crippen LogP contribution in [0.1, 0.15) is 52.3 Å². The molecule has 1 fully saturated rings. The minimum atomic E-state index is -0.0812. The molecule has 8 heteroatoms. The molecule has 36 heavy (non-hydrogen) atoms. The molecule has 0 aliphatic carbocycles. The van der Waals surface area contributed by atoms with Crippen molar-refractivity contribution in [2.24, 2.45) is 12.5 Å². The van der Waals surface area contributed by atoms with Crippen LogP contribution in [0.5, 0.6) is 0 Å². The Morgan fingerprint density at radius 3 is 2.50 bits per heavy atom. The summed E-state index contributed by atoms with van der Waals surface area (Å²) in [6.07, 6.45) is 4.39. The van der Waals surface area contributed by atoms with E-state index < -0.39 is 0 Å². The van der Waals surface area contributed by atoms with E-state index in [1.807, 2.05) is 38.2 Å². The van der Waals surface area contributed by atoms with Crippen molar-refractivity contribution in [1.29, 1.82) is 0 Å². The van der Waals surface area contributed by atoms with Crippen molar-refractivity contribution in [3.63, 3.8) is 0 Å². The molecule has 1 aromatic carbocycles. The summed E-state index contributed by atoms with van der Waals surface area (Å²) >= 11 is 0. The number of hydrogen-bond acceptors (Lipinski definition) is 6. The van der Waals surface area contributed by atoms with Gasteiger partial charge in [-0.3, -0.25) is 14.1 Å². The molecule has 0 amide bonds. The van der Waals surface area contributed by atoms with Crippen LogP contribution in [0, 0.1) is 5.41 Å². The first kappa shape index (κ1) is 24.6. The van der Waals surface area contributed by atoms with Crippen LogP contribution < -0.4 is 5.69 Å². The zero-order chi connectivity index (χ0) is 25.4. The Bertz CT molecular complexity index is 1420. The minimum absolute atomic E-state index is 0.0139. The van der Waals surface area contributed by atoms with Crippen molar-refractivity contribution in [2.45, 2.75) is 53.2 Å². The fourth-order valence-electron chi connectivity index (χ4n) is 4.98. The van der Waals surface area contributed by atoms with Gasteiger partial charge >= 0.3 is 5.69 Å². The number of nitrogens with zero attached hydrogens (tertiary/aromatic N) is 6. The summed E-state index contributed by atoms with van der Waals surface area (Å²) in [5.74, 6) is 0. The van der Waals surface area contributed by atoms with Gasteiger partial charge in [0.05, 0.1) is 24.4 Å². The predicted octanol–water partition coefficient (Wildman–Crippen LogP) is 4.56. The van der Waals surface area contributed by atoms with Crippen molar-refractivity contribution >= 4 is 22.1 Å². The van der Waals surface area contributed by atoms with E-state index in [1.165, 1.54) is 12.8 Å². The number of aromatic nitrogens is 5. The van der Waals surface area contributed by atoms with Crippen molar-refractivity contribution in [3.05, 3.63) is 52.7 Å². The molecule has 1 aliphatic rings. The SMILES string of the molecule is CC(C)n1c(=O)n(C)c2nnc3ccc(-c4ccc(COCCN5CCC(C)(C)CC5)nc4)cc3c21. The third-order valence-electron chi connectivity index (χ3n) is 7.45. The molecular weight excluding hydrogens is 452 g/mol. The normalized spacial score (nSPS) is 16.4. The Kier molecular flexibility index (Phi) is 6.66. The molecule has 4 aromatic rings. The second kappa shape index (κ2) is 9.75. The summed E-state index contributed by atoms with van der Waals surface area (Å²) in [7, 11) is 1.74. The minimum Gasteiger partial charge on any atom is -0.374 e. The lowest BCUT2D eigenvalue weighted by molar-refractivity contribution is 0.0656. The van der Waals surface area contributed by atoms with E-state index >= 15 is 0 Å². The van der Waals surface area contributed by atoms with Gasteiger partial charge in [-0.25, -0.2) is 4.79 Å². The van der Waals surface area contributed by atoms with E-state index in [-0.39, 0.29) is 11.7 Å². The number of benzene rings is 1. The predicted molar refractivity (Wildman–Crippen MR) is 143 cm³/mol. The lowest BCUT2D eigenvalue weighted by Gasteiger charge is -2.36. The largest absolute Gasteiger partial charge is 0.374 e. The molecule has 0 atom stereocenters. The topological polar surface area (TPSA) is 78.1 Å². The molecule has 0 unspecified atom stereocenters. The number of piperidine rings is 1. The van der Waals surface area contributed by atoms with E-state index in [9.17, 15) is 4.79 Å². The molecule has 0 spiro atoms. The smallest absolute Gasteiger partial charge is 0.330 e. The second-order valence-electron chi connectivity index (χ2n) is 11.0. The van der Waals surface area contributed by atoms with Crippen LogP contribution in [0.15, 0.2) is 41.3 Å². The van der Waals surface area contributed by atoms with Gasteiger partial charge in [0, 0.05) is 36.8 Å². The zero-order valence-corrected chi connectivity index (χ0v) is 22.0. The van der Waals surface area contributed by atoms with Gasteiger partial charge in [0.15, 0.2) is 5.65 Å². The van der Waals surface area contributed by atoms with E-state index in [2.05, 4.69) is 46.1 Å². The summed E-state index contributed by atoms with van der Waals surface area (Å²) in [6.45, 7) is 13.3. The molecule has 8 nitrogen and oxygen atoms in total. The molecule has 3 aromatic heterocycles. The van der Waals surface area contributed by atoms with Crippen molar-refractivity contribution in [3.8, 4) is 11.1 Å². The maximum atomic E-state index is 12.8. The summed E-state index contributed by atoms with van der Waals surface area (Å²) < 4.78 is 9.28. The molecular formula is C28H36N6O2. The van der Waals surface area contributed by atoms with Crippen LogP contribution in [0.3, 0.4) is 0 Å². The van der Waals surface area contributed by atoms with Crippen molar-refractivity contribution in [2.75, 3.05) is 26.2 Å². The number of pyridine rings is 1. The van der Waals surface area contributed by atoms with Crippen LogP contribution in [0.2, 0.25) is 0 Å². The monoisotopic (exact) mass is 488 g/mol. The fourth-order valence-corrected chi connectivity index (χ4v) is 4.98. The third kappa shape index (κ3) is 4.80. The maximum absolute atomic E-state index is 12.8. The molecule has 0 radical (unpaired) electrons. The Morgan fingerprint density at radius 2 is 1.81 bits per heavy atom. The Labute approximate surface area is 211 Å². The van der Waals surface area contributed by atoms with Crippen molar-refractivity contribution in [1.82, 2.24) is 29.2 Å². The Hall–Kier alpha value is -3.10. The number of imidazole rings is 1. The van der Waals surface area contributed by atoms with Crippen LogP contribution in [0.4, 0.5) is 0 Å². The lowest BCUT2D eigenvalue weighted by atomic mass is 9.83. The van der Waals surface area contributed by atoms with Gasteiger partial charge in [0.25, 0.3) is 0 Å². The highest BCUT2D eigenvalue weighted by molar-refractivity contribution is 6.02.